The number of carbonyl (C=O) groups is 1. The van der Waals surface area contributed by atoms with Crippen LogP contribution in [0.15, 0.2) is 24.4 Å². The number of nitro groups is 1. The standard InChI is InChI=1S/C11H11N5O3S/c1-2-12-7-3-4-9(16(18)19)8(5-7)11(17)14-10-6-13-15-20-10/h3-6,12H,2H2,1H3,(H,14,17). The zero-order valence-corrected chi connectivity index (χ0v) is 11.3. The number of amides is 1. The van der Waals surface area contributed by atoms with Crippen molar-refractivity contribution in [2.45, 2.75) is 6.92 Å². The molecular weight excluding hydrogens is 282 g/mol. The van der Waals surface area contributed by atoms with E-state index in [1.54, 1.807) is 6.07 Å². The van der Waals surface area contributed by atoms with E-state index in [2.05, 4.69) is 20.2 Å². The molecule has 0 saturated carbocycles. The predicted molar refractivity (Wildman–Crippen MR) is 75.1 cm³/mol. The van der Waals surface area contributed by atoms with Gasteiger partial charge in [-0.15, -0.1) is 5.10 Å². The van der Waals surface area contributed by atoms with E-state index >= 15 is 0 Å². The molecule has 0 aliphatic heterocycles. The van der Waals surface area contributed by atoms with Crippen molar-refractivity contribution in [2.24, 2.45) is 0 Å². The van der Waals surface area contributed by atoms with Gasteiger partial charge in [-0.05, 0) is 19.1 Å². The topological polar surface area (TPSA) is 110 Å². The lowest BCUT2D eigenvalue weighted by molar-refractivity contribution is -0.385. The highest BCUT2D eigenvalue weighted by atomic mass is 32.1. The summed E-state index contributed by atoms with van der Waals surface area (Å²) in [6, 6.07) is 4.32. The Hall–Kier alpha value is -2.55. The lowest BCUT2D eigenvalue weighted by Crippen LogP contribution is -2.14. The number of nitrogens with one attached hydrogen (secondary N) is 2. The first-order chi connectivity index (χ1) is 9.61. The number of carbonyl (C=O) groups excluding carboxylic acids is 1. The van der Waals surface area contributed by atoms with Crippen molar-refractivity contribution in [3.05, 3.63) is 40.1 Å². The third kappa shape index (κ3) is 3.06. The van der Waals surface area contributed by atoms with Crippen LogP contribution < -0.4 is 10.6 Å². The van der Waals surface area contributed by atoms with Gasteiger partial charge < -0.3 is 10.6 Å². The van der Waals surface area contributed by atoms with Crippen molar-refractivity contribution in [2.75, 3.05) is 17.2 Å². The second kappa shape index (κ2) is 6.06. The molecule has 2 rings (SSSR count). The van der Waals surface area contributed by atoms with E-state index in [1.807, 2.05) is 6.92 Å². The summed E-state index contributed by atoms with van der Waals surface area (Å²) in [5.74, 6) is -0.567. The molecule has 8 nitrogen and oxygen atoms in total. The van der Waals surface area contributed by atoms with Crippen LogP contribution in [0.3, 0.4) is 0 Å². The quantitative estimate of drug-likeness (QED) is 0.645. The van der Waals surface area contributed by atoms with Crippen molar-refractivity contribution in [3.8, 4) is 0 Å². The van der Waals surface area contributed by atoms with Crippen LogP contribution in [0.4, 0.5) is 16.4 Å². The normalized spacial score (nSPS) is 10.1. The fourth-order valence-corrected chi connectivity index (χ4v) is 2.01. The average Bonchev–Trinajstić information content (AvgIpc) is 2.91. The van der Waals surface area contributed by atoms with E-state index in [-0.39, 0.29) is 11.3 Å². The molecule has 1 aromatic carbocycles. The Kier molecular flexibility index (Phi) is 4.20. The average molecular weight is 293 g/mol. The molecule has 0 aliphatic carbocycles. The Balaban J connectivity index is 2.33. The number of rotatable bonds is 5. The van der Waals surface area contributed by atoms with Gasteiger partial charge in [0.2, 0.25) is 0 Å². The molecule has 9 heteroatoms. The van der Waals surface area contributed by atoms with Gasteiger partial charge >= 0.3 is 0 Å². The van der Waals surface area contributed by atoms with Gasteiger partial charge in [0, 0.05) is 29.8 Å². The minimum atomic E-state index is -0.588. The smallest absolute Gasteiger partial charge is 0.282 e. The maximum atomic E-state index is 12.1. The second-order valence-corrected chi connectivity index (χ2v) is 4.54. The lowest BCUT2D eigenvalue weighted by atomic mass is 10.1. The van der Waals surface area contributed by atoms with Gasteiger partial charge in [-0.3, -0.25) is 14.9 Å². The van der Waals surface area contributed by atoms with Gasteiger partial charge in [0.05, 0.1) is 11.1 Å². The molecule has 104 valence electrons. The maximum absolute atomic E-state index is 12.1. The van der Waals surface area contributed by atoms with Crippen LogP contribution >= 0.6 is 11.5 Å². The van der Waals surface area contributed by atoms with Crippen molar-refractivity contribution in [1.82, 2.24) is 9.59 Å². The van der Waals surface area contributed by atoms with Crippen LogP contribution in [0.1, 0.15) is 17.3 Å². The molecule has 0 fully saturated rings. The Morgan fingerprint density at radius 2 is 2.30 bits per heavy atom. The van der Waals surface area contributed by atoms with E-state index in [0.717, 1.165) is 11.5 Å². The Bertz CT molecular complexity index is 629. The van der Waals surface area contributed by atoms with Crippen LogP contribution in [0.2, 0.25) is 0 Å². The highest BCUT2D eigenvalue weighted by Crippen LogP contribution is 2.24. The van der Waals surface area contributed by atoms with E-state index < -0.39 is 10.8 Å². The minimum Gasteiger partial charge on any atom is -0.385 e. The number of hydrogen-bond acceptors (Lipinski definition) is 7. The predicted octanol–water partition coefficient (Wildman–Crippen LogP) is 2.13. The summed E-state index contributed by atoms with van der Waals surface area (Å²) in [5, 5.41) is 20.5. The molecule has 2 aromatic rings. The monoisotopic (exact) mass is 293 g/mol. The summed E-state index contributed by atoms with van der Waals surface area (Å²) in [5.41, 5.74) is 0.383. The summed E-state index contributed by atoms with van der Waals surface area (Å²) in [6.45, 7) is 2.54. The number of hydrogen-bond donors (Lipinski definition) is 2. The van der Waals surface area contributed by atoms with Gasteiger partial charge in [0.25, 0.3) is 11.6 Å². The van der Waals surface area contributed by atoms with Gasteiger partial charge in [0.15, 0.2) is 0 Å². The van der Waals surface area contributed by atoms with Crippen LogP contribution in [0.5, 0.6) is 0 Å². The second-order valence-electron chi connectivity index (χ2n) is 3.76. The molecule has 0 aliphatic rings. The maximum Gasteiger partial charge on any atom is 0.282 e. The largest absolute Gasteiger partial charge is 0.385 e. The number of aromatic nitrogens is 2. The molecule has 20 heavy (non-hydrogen) atoms. The summed E-state index contributed by atoms with van der Waals surface area (Å²) in [4.78, 5) is 22.5. The lowest BCUT2D eigenvalue weighted by Gasteiger charge is -2.07. The molecule has 0 unspecified atom stereocenters. The molecule has 1 aromatic heterocycles. The third-order valence-electron chi connectivity index (χ3n) is 2.42. The Morgan fingerprint density at radius 3 is 2.90 bits per heavy atom. The molecule has 1 heterocycles. The molecule has 0 bridgehead atoms. The molecule has 0 atom stereocenters. The van der Waals surface area contributed by atoms with Crippen molar-refractivity contribution < 1.29 is 9.72 Å². The summed E-state index contributed by atoms with van der Waals surface area (Å²) in [7, 11) is 0. The van der Waals surface area contributed by atoms with Gasteiger partial charge in [-0.2, -0.15) is 0 Å². The summed E-state index contributed by atoms with van der Waals surface area (Å²) < 4.78 is 3.60. The first kappa shape index (κ1) is 13.9. The van der Waals surface area contributed by atoms with Crippen molar-refractivity contribution in [1.29, 1.82) is 0 Å². The molecule has 2 N–H and O–H groups in total. The minimum absolute atomic E-state index is 0.0122. The van der Waals surface area contributed by atoms with E-state index in [4.69, 9.17) is 0 Å². The number of anilines is 2. The zero-order valence-electron chi connectivity index (χ0n) is 10.5. The number of nitrogens with zero attached hydrogens (tertiary/aromatic N) is 3. The molecule has 0 saturated heterocycles. The summed E-state index contributed by atoms with van der Waals surface area (Å²) >= 11 is 0.996. The third-order valence-corrected chi connectivity index (χ3v) is 3.00. The first-order valence-corrected chi connectivity index (χ1v) is 6.50. The number of benzene rings is 1. The molecular formula is C11H11N5O3S. The van der Waals surface area contributed by atoms with Crippen LogP contribution in [-0.2, 0) is 0 Å². The Labute approximate surface area is 118 Å². The zero-order chi connectivity index (χ0) is 14.5. The highest BCUT2D eigenvalue weighted by molar-refractivity contribution is 7.10. The summed E-state index contributed by atoms with van der Waals surface area (Å²) in [6.07, 6.45) is 1.38. The SMILES string of the molecule is CCNc1ccc([N+](=O)[O-])c(C(=O)Nc2cnns2)c1. The van der Waals surface area contributed by atoms with Crippen molar-refractivity contribution >= 4 is 33.8 Å². The van der Waals surface area contributed by atoms with E-state index in [9.17, 15) is 14.9 Å². The van der Waals surface area contributed by atoms with Crippen molar-refractivity contribution in [3.63, 3.8) is 0 Å². The molecule has 1 amide bonds. The molecule has 0 radical (unpaired) electrons. The fraction of sp³-hybridized carbons (Fsp3) is 0.182. The highest BCUT2D eigenvalue weighted by Gasteiger charge is 2.21. The first-order valence-electron chi connectivity index (χ1n) is 5.73. The van der Waals surface area contributed by atoms with E-state index in [0.29, 0.717) is 17.2 Å². The number of nitro benzene ring substituents is 1. The van der Waals surface area contributed by atoms with Gasteiger partial charge in [-0.1, -0.05) is 4.49 Å². The Morgan fingerprint density at radius 1 is 1.50 bits per heavy atom. The van der Waals surface area contributed by atoms with Crippen LogP contribution in [0, 0.1) is 10.1 Å². The van der Waals surface area contributed by atoms with E-state index in [1.165, 1.54) is 18.3 Å². The van der Waals surface area contributed by atoms with Crippen LogP contribution in [0.25, 0.3) is 0 Å². The molecule has 0 spiro atoms. The fourth-order valence-electron chi connectivity index (χ4n) is 1.59. The van der Waals surface area contributed by atoms with Gasteiger partial charge in [0.1, 0.15) is 10.6 Å². The van der Waals surface area contributed by atoms with Gasteiger partial charge in [-0.25, -0.2) is 0 Å². The van der Waals surface area contributed by atoms with Crippen LogP contribution in [-0.4, -0.2) is 27.0 Å².